The van der Waals surface area contributed by atoms with Crippen LogP contribution in [0.15, 0.2) is 11.4 Å². The fraction of sp³-hybridized carbons (Fsp3) is 0.667. The number of sulfonamides is 1. The topological polar surface area (TPSA) is 90.0 Å². The summed E-state index contributed by atoms with van der Waals surface area (Å²) in [4.78, 5) is 3.76. The molecule has 1 unspecified atom stereocenters. The van der Waals surface area contributed by atoms with Crippen LogP contribution in [0.4, 0.5) is 5.82 Å². The van der Waals surface area contributed by atoms with Crippen molar-refractivity contribution in [2.24, 2.45) is 7.05 Å². The van der Waals surface area contributed by atoms with Crippen LogP contribution in [-0.4, -0.2) is 36.0 Å². The average Bonchev–Trinajstić information content (AvgIpc) is 2.58. The summed E-state index contributed by atoms with van der Waals surface area (Å²) in [6.45, 7) is 2.45. The van der Waals surface area contributed by atoms with E-state index in [1.807, 2.05) is 6.26 Å². The van der Waals surface area contributed by atoms with Crippen LogP contribution in [0.5, 0.6) is 0 Å². The summed E-state index contributed by atoms with van der Waals surface area (Å²) in [6.07, 6.45) is 4.16. The van der Waals surface area contributed by atoms with Gasteiger partial charge in [0.1, 0.15) is 0 Å². The van der Waals surface area contributed by atoms with Gasteiger partial charge in [0.05, 0.1) is 6.33 Å². The molecule has 1 rings (SSSR count). The molecule has 0 aliphatic heterocycles. The standard InChI is InChI=1S/C9H18N4O2S2/c1-7(16-3)4-5-12-17(14,15)9-8(10)11-6-13(9)2/h6-7,12H,4-5,10H2,1-3H3. The van der Waals surface area contributed by atoms with E-state index in [4.69, 9.17) is 5.73 Å². The quantitative estimate of drug-likeness (QED) is 0.787. The minimum Gasteiger partial charge on any atom is -0.381 e. The number of hydrogen-bond donors (Lipinski definition) is 2. The maximum Gasteiger partial charge on any atom is 0.260 e. The smallest absolute Gasteiger partial charge is 0.260 e. The summed E-state index contributed by atoms with van der Waals surface area (Å²) in [5.74, 6) is 0.0258. The molecule has 0 radical (unpaired) electrons. The van der Waals surface area contributed by atoms with Crippen molar-refractivity contribution in [3.8, 4) is 0 Å². The number of aryl methyl sites for hydroxylation is 1. The van der Waals surface area contributed by atoms with Crippen LogP contribution < -0.4 is 10.5 Å². The Labute approximate surface area is 106 Å². The summed E-state index contributed by atoms with van der Waals surface area (Å²) in [5.41, 5.74) is 5.53. The van der Waals surface area contributed by atoms with E-state index >= 15 is 0 Å². The predicted molar refractivity (Wildman–Crippen MR) is 70.4 cm³/mol. The molecular weight excluding hydrogens is 260 g/mol. The molecule has 0 saturated heterocycles. The van der Waals surface area contributed by atoms with Gasteiger partial charge in [0.2, 0.25) is 0 Å². The average molecular weight is 278 g/mol. The predicted octanol–water partition coefficient (Wildman–Crippen LogP) is 0.422. The Morgan fingerprint density at radius 2 is 2.29 bits per heavy atom. The Hall–Kier alpha value is -0.730. The van der Waals surface area contributed by atoms with Crippen LogP contribution >= 0.6 is 11.8 Å². The van der Waals surface area contributed by atoms with E-state index in [1.54, 1.807) is 18.8 Å². The molecular formula is C9H18N4O2S2. The molecule has 0 aromatic carbocycles. The van der Waals surface area contributed by atoms with Crippen molar-refractivity contribution in [2.75, 3.05) is 18.5 Å². The maximum atomic E-state index is 11.9. The molecule has 0 aliphatic rings. The van der Waals surface area contributed by atoms with Gasteiger partial charge in [-0.2, -0.15) is 11.8 Å². The zero-order valence-corrected chi connectivity index (χ0v) is 11.8. The second kappa shape index (κ2) is 5.74. The Morgan fingerprint density at radius 1 is 1.65 bits per heavy atom. The Morgan fingerprint density at radius 3 is 2.76 bits per heavy atom. The van der Waals surface area contributed by atoms with Crippen molar-refractivity contribution in [3.63, 3.8) is 0 Å². The summed E-state index contributed by atoms with van der Waals surface area (Å²) < 4.78 is 27.8. The molecule has 0 spiro atoms. The van der Waals surface area contributed by atoms with E-state index < -0.39 is 10.0 Å². The van der Waals surface area contributed by atoms with Gasteiger partial charge >= 0.3 is 0 Å². The Kier molecular flexibility index (Phi) is 4.84. The first-order valence-corrected chi connectivity index (χ1v) is 7.95. The van der Waals surface area contributed by atoms with Crippen molar-refractivity contribution in [2.45, 2.75) is 23.6 Å². The highest BCUT2D eigenvalue weighted by molar-refractivity contribution is 7.99. The highest BCUT2D eigenvalue weighted by Gasteiger charge is 2.21. The van der Waals surface area contributed by atoms with Gasteiger partial charge < -0.3 is 10.3 Å². The first-order valence-electron chi connectivity index (χ1n) is 5.17. The van der Waals surface area contributed by atoms with Crippen LogP contribution in [0.3, 0.4) is 0 Å². The lowest BCUT2D eigenvalue weighted by atomic mass is 10.3. The zero-order valence-electron chi connectivity index (χ0n) is 10.2. The van der Waals surface area contributed by atoms with Crippen LogP contribution in [0.2, 0.25) is 0 Å². The molecule has 3 N–H and O–H groups in total. The molecule has 0 fully saturated rings. The molecule has 17 heavy (non-hydrogen) atoms. The third-order valence-corrected chi connectivity index (χ3v) is 5.04. The van der Waals surface area contributed by atoms with Gasteiger partial charge in [-0.15, -0.1) is 0 Å². The summed E-state index contributed by atoms with van der Waals surface area (Å²) in [5, 5.41) is 0.441. The lowest BCUT2D eigenvalue weighted by molar-refractivity contribution is 0.569. The summed E-state index contributed by atoms with van der Waals surface area (Å²) in [6, 6.07) is 0. The van der Waals surface area contributed by atoms with E-state index in [0.717, 1.165) is 6.42 Å². The number of rotatable bonds is 6. The molecule has 0 aliphatic carbocycles. The number of nitrogen functional groups attached to an aromatic ring is 1. The molecule has 1 heterocycles. The number of nitrogens with one attached hydrogen (secondary N) is 1. The normalized spacial score (nSPS) is 13.8. The highest BCUT2D eigenvalue weighted by Crippen LogP contribution is 2.15. The zero-order chi connectivity index (χ0) is 13.1. The van der Waals surface area contributed by atoms with Crippen LogP contribution in [0, 0.1) is 0 Å². The van der Waals surface area contributed by atoms with E-state index in [2.05, 4.69) is 16.6 Å². The molecule has 0 bridgehead atoms. The fourth-order valence-corrected chi connectivity index (χ4v) is 2.98. The minimum atomic E-state index is -3.57. The second-order valence-electron chi connectivity index (χ2n) is 3.78. The number of nitrogens with zero attached hydrogens (tertiary/aromatic N) is 2. The van der Waals surface area contributed by atoms with Gasteiger partial charge in [0.25, 0.3) is 10.0 Å². The van der Waals surface area contributed by atoms with Crippen molar-refractivity contribution in [3.05, 3.63) is 6.33 Å². The van der Waals surface area contributed by atoms with E-state index in [0.29, 0.717) is 11.8 Å². The molecule has 8 heteroatoms. The Balaban J connectivity index is 2.70. The van der Waals surface area contributed by atoms with Crippen LogP contribution in [0.25, 0.3) is 0 Å². The van der Waals surface area contributed by atoms with E-state index in [1.165, 1.54) is 10.9 Å². The first-order chi connectivity index (χ1) is 7.88. The van der Waals surface area contributed by atoms with Gasteiger partial charge in [-0.3, -0.25) is 0 Å². The summed E-state index contributed by atoms with van der Waals surface area (Å²) in [7, 11) is -1.97. The van der Waals surface area contributed by atoms with Crippen LogP contribution in [-0.2, 0) is 17.1 Å². The second-order valence-corrected chi connectivity index (χ2v) is 6.74. The molecule has 6 nitrogen and oxygen atoms in total. The van der Waals surface area contributed by atoms with Crippen molar-refractivity contribution in [1.29, 1.82) is 0 Å². The van der Waals surface area contributed by atoms with Crippen molar-refractivity contribution < 1.29 is 8.42 Å². The minimum absolute atomic E-state index is 0.0225. The monoisotopic (exact) mass is 278 g/mol. The number of aromatic nitrogens is 2. The van der Waals surface area contributed by atoms with Gasteiger partial charge in [-0.25, -0.2) is 18.1 Å². The van der Waals surface area contributed by atoms with E-state index in [9.17, 15) is 8.42 Å². The Bertz CT molecular complexity index is 450. The number of hydrogen-bond acceptors (Lipinski definition) is 5. The van der Waals surface area contributed by atoms with Crippen molar-refractivity contribution in [1.82, 2.24) is 14.3 Å². The van der Waals surface area contributed by atoms with Gasteiger partial charge in [-0.05, 0) is 12.7 Å². The molecule has 0 saturated carbocycles. The number of nitrogens with two attached hydrogens (primary N) is 1. The lowest BCUT2D eigenvalue weighted by Gasteiger charge is -2.10. The molecule has 1 atom stereocenters. The SMILES string of the molecule is CSC(C)CCNS(=O)(=O)c1c(N)ncn1C. The van der Waals surface area contributed by atoms with Gasteiger partial charge in [0, 0.05) is 18.8 Å². The number of anilines is 1. The lowest BCUT2D eigenvalue weighted by Crippen LogP contribution is -2.28. The third-order valence-electron chi connectivity index (χ3n) is 2.41. The van der Waals surface area contributed by atoms with Crippen LogP contribution in [0.1, 0.15) is 13.3 Å². The fourth-order valence-electron chi connectivity index (χ4n) is 1.35. The summed E-state index contributed by atoms with van der Waals surface area (Å²) >= 11 is 1.70. The number of imidazole rings is 1. The highest BCUT2D eigenvalue weighted by atomic mass is 32.2. The van der Waals surface area contributed by atoms with Crippen molar-refractivity contribution >= 4 is 27.6 Å². The molecule has 98 valence electrons. The van der Waals surface area contributed by atoms with E-state index in [-0.39, 0.29) is 10.8 Å². The van der Waals surface area contributed by atoms with Gasteiger partial charge in [-0.1, -0.05) is 6.92 Å². The molecule has 1 aromatic rings. The first kappa shape index (κ1) is 14.3. The third kappa shape index (κ3) is 3.62. The van der Waals surface area contributed by atoms with Gasteiger partial charge in [0.15, 0.2) is 10.8 Å². The molecule has 0 amide bonds. The largest absolute Gasteiger partial charge is 0.381 e. The maximum absolute atomic E-state index is 11.9. The number of thioether (sulfide) groups is 1. The molecule has 1 aromatic heterocycles.